The molecule has 0 aliphatic carbocycles. The summed E-state index contributed by atoms with van der Waals surface area (Å²) in [7, 11) is 0. The van der Waals surface area contributed by atoms with E-state index in [0.29, 0.717) is 16.2 Å². The molecule has 6 nitrogen and oxygen atoms in total. The van der Waals surface area contributed by atoms with Crippen LogP contribution in [0.25, 0.3) is 11.0 Å². The topological polar surface area (TPSA) is 92.2 Å². The van der Waals surface area contributed by atoms with Crippen molar-refractivity contribution in [3.05, 3.63) is 71.0 Å². The average Bonchev–Trinajstić information content (AvgIpc) is 2.60. The Labute approximate surface area is 148 Å². The van der Waals surface area contributed by atoms with Crippen molar-refractivity contribution in [1.82, 2.24) is 15.3 Å². The highest BCUT2D eigenvalue weighted by Gasteiger charge is 2.21. The number of benzene rings is 1. The number of aliphatic carboxylic acids is 1. The van der Waals surface area contributed by atoms with Crippen LogP contribution in [0.4, 0.5) is 0 Å². The van der Waals surface area contributed by atoms with Crippen LogP contribution >= 0.6 is 11.6 Å². The number of halogens is 1. The third-order valence-corrected chi connectivity index (χ3v) is 4.01. The van der Waals surface area contributed by atoms with E-state index < -0.39 is 17.9 Å². The fourth-order valence-electron chi connectivity index (χ4n) is 2.48. The minimum absolute atomic E-state index is 0.161. The lowest BCUT2D eigenvalue weighted by Crippen LogP contribution is -2.31. The molecule has 1 amide bonds. The molecule has 0 aliphatic heterocycles. The number of carboxylic acid groups (broad SMARTS) is 1. The van der Waals surface area contributed by atoms with E-state index in [1.165, 1.54) is 0 Å². The molecule has 1 atom stereocenters. The third-order valence-electron chi connectivity index (χ3n) is 3.66. The number of nitrogens with zero attached hydrogens (tertiary/aromatic N) is 2. The van der Waals surface area contributed by atoms with Crippen molar-refractivity contribution in [2.24, 2.45) is 0 Å². The molecule has 0 aliphatic rings. The van der Waals surface area contributed by atoms with Crippen molar-refractivity contribution in [1.29, 1.82) is 0 Å². The van der Waals surface area contributed by atoms with Crippen LogP contribution in [0.15, 0.2) is 54.7 Å². The number of nitrogens with one attached hydrogen (secondary N) is 1. The van der Waals surface area contributed by atoms with Crippen LogP contribution in [0.1, 0.15) is 28.5 Å². The summed E-state index contributed by atoms with van der Waals surface area (Å²) in [6, 6.07) is 13.0. The third kappa shape index (κ3) is 3.92. The molecule has 0 saturated heterocycles. The van der Waals surface area contributed by atoms with Gasteiger partial charge in [0.25, 0.3) is 5.91 Å². The average molecular weight is 356 g/mol. The molecule has 0 radical (unpaired) electrons. The van der Waals surface area contributed by atoms with Gasteiger partial charge < -0.3 is 10.4 Å². The molecule has 25 heavy (non-hydrogen) atoms. The second kappa shape index (κ2) is 7.27. The van der Waals surface area contributed by atoms with Gasteiger partial charge in [0.2, 0.25) is 0 Å². The summed E-state index contributed by atoms with van der Waals surface area (Å²) in [6.07, 6.45) is 1.30. The molecule has 7 heteroatoms. The predicted molar refractivity (Wildman–Crippen MR) is 93.5 cm³/mol. The highest BCUT2D eigenvalue weighted by Crippen LogP contribution is 2.25. The zero-order valence-electron chi connectivity index (χ0n) is 13.0. The number of carbonyl (C=O) groups is 2. The smallest absolute Gasteiger partial charge is 0.305 e. The zero-order valence-corrected chi connectivity index (χ0v) is 13.8. The van der Waals surface area contributed by atoms with E-state index in [4.69, 9.17) is 16.7 Å². The van der Waals surface area contributed by atoms with Crippen LogP contribution in [0.2, 0.25) is 5.02 Å². The normalized spacial score (nSPS) is 11.9. The van der Waals surface area contributed by atoms with Crippen LogP contribution in [0, 0.1) is 0 Å². The first-order valence-corrected chi connectivity index (χ1v) is 7.91. The van der Waals surface area contributed by atoms with Gasteiger partial charge in [0.05, 0.1) is 12.5 Å². The van der Waals surface area contributed by atoms with Crippen LogP contribution in [0.3, 0.4) is 0 Å². The lowest BCUT2D eigenvalue weighted by Gasteiger charge is -2.18. The van der Waals surface area contributed by atoms with E-state index in [2.05, 4.69) is 15.3 Å². The largest absolute Gasteiger partial charge is 0.481 e. The quantitative estimate of drug-likeness (QED) is 0.733. The Bertz CT molecular complexity index is 946. The highest BCUT2D eigenvalue weighted by molar-refractivity contribution is 6.31. The molecule has 0 spiro atoms. The van der Waals surface area contributed by atoms with Gasteiger partial charge in [-0.15, -0.1) is 0 Å². The Hall–Kier alpha value is -2.99. The lowest BCUT2D eigenvalue weighted by molar-refractivity contribution is -0.137. The maximum absolute atomic E-state index is 12.5. The summed E-state index contributed by atoms with van der Waals surface area (Å²) in [6.45, 7) is 0. The molecular formula is C18H14ClN3O3. The van der Waals surface area contributed by atoms with Crippen molar-refractivity contribution in [3.63, 3.8) is 0 Å². The van der Waals surface area contributed by atoms with Crippen molar-refractivity contribution >= 4 is 34.5 Å². The molecule has 0 fully saturated rings. The first-order chi connectivity index (χ1) is 12.0. The Balaban J connectivity index is 1.88. The number of amides is 1. The maximum Gasteiger partial charge on any atom is 0.305 e. The fourth-order valence-corrected chi connectivity index (χ4v) is 2.75. The minimum Gasteiger partial charge on any atom is -0.481 e. The summed E-state index contributed by atoms with van der Waals surface area (Å²) in [4.78, 5) is 32.0. The molecular weight excluding hydrogens is 342 g/mol. The van der Waals surface area contributed by atoms with Gasteiger partial charge in [0.15, 0.2) is 5.65 Å². The van der Waals surface area contributed by atoms with Crippen molar-refractivity contribution in [3.8, 4) is 0 Å². The van der Waals surface area contributed by atoms with Gasteiger partial charge in [-0.3, -0.25) is 9.59 Å². The summed E-state index contributed by atoms with van der Waals surface area (Å²) < 4.78 is 0. The molecule has 3 aromatic rings. The van der Waals surface area contributed by atoms with Crippen LogP contribution in [-0.2, 0) is 4.79 Å². The predicted octanol–water partition coefficient (Wildman–Crippen LogP) is 3.23. The van der Waals surface area contributed by atoms with Gasteiger partial charge in [-0.05, 0) is 35.9 Å². The van der Waals surface area contributed by atoms with E-state index in [0.717, 1.165) is 5.39 Å². The molecule has 0 saturated carbocycles. The van der Waals surface area contributed by atoms with Crippen LogP contribution < -0.4 is 5.32 Å². The van der Waals surface area contributed by atoms with Gasteiger partial charge in [-0.1, -0.05) is 29.8 Å². The molecule has 2 heterocycles. The summed E-state index contributed by atoms with van der Waals surface area (Å²) in [5.41, 5.74) is 1.15. The first kappa shape index (κ1) is 16.9. The molecule has 1 unspecified atom stereocenters. The standard InChI is InChI=1S/C18H14ClN3O3/c19-13-6-2-1-5-12(13)15(10-16(23)24)22-18(25)14-8-7-11-4-3-9-20-17(11)21-14/h1-9,15H,10H2,(H,22,25)(H,23,24). The Kier molecular flexibility index (Phi) is 4.90. The summed E-state index contributed by atoms with van der Waals surface area (Å²) >= 11 is 6.14. The van der Waals surface area contributed by atoms with E-state index in [1.54, 1.807) is 48.7 Å². The fraction of sp³-hybridized carbons (Fsp3) is 0.111. The first-order valence-electron chi connectivity index (χ1n) is 7.53. The number of aromatic nitrogens is 2. The van der Waals surface area contributed by atoms with E-state index in [1.807, 2.05) is 6.07 Å². The highest BCUT2D eigenvalue weighted by atomic mass is 35.5. The molecule has 126 valence electrons. The molecule has 3 rings (SSSR count). The van der Waals surface area contributed by atoms with Crippen molar-refractivity contribution in [2.75, 3.05) is 0 Å². The second-order valence-corrected chi connectivity index (χ2v) is 5.80. The second-order valence-electron chi connectivity index (χ2n) is 5.39. The molecule has 2 aromatic heterocycles. The van der Waals surface area contributed by atoms with Gasteiger partial charge >= 0.3 is 5.97 Å². The molecule has 1 aromatic carbocycles. The Morgan fingerprint density at radius 1 is 1.12 bits per heavy atom. The summed E-state index contributed by atoms with van der Waals surface area (Å²) in [5, 5.41) is 13.0. The Morgan fingerprint density at radius 3 is 2.68 bits per heavy atom. The van der Waals surface area contributed by atoms with Gasteiger partial charge in [0.1, 0.15) is 5.69 Å². The van der Waals surface area contributed by atoms with Crippen LogP contribution in [0.5, 0.6) is 0 Å². The number of rotatable bonds is 5. The molecule has 0 bridgehead atoms. The van der Waals surface area contributed by atoms with Gasteiger partial charge in [-0.25, -0.2) is 9.97 Å². The SMILES string of the molecule is O=C(O)CC(NC(=O)c1ccc2cccnc2n1)c1ccccc1Cl. The number of carbonyl (C=O) groups excluding carboxylic acids is 1. The maximum atomic E-state index is 12.5. The number of carboxylic acids is 1. The molecule has 2 N–H and O–H groups in total. The number of pyridine rings is 2. The van der Waals surface area contributed by atoms with E-state index in [-0.39, 0.29) is 12.1 Å². The minimum atomic E-state index is -1.04. The lowest BCUT2D eigenvalue weighted by atomic mass is 10.0. The van der Waals surface area contributed by atoms with Crippen molar-refractivity contribution < 1.29 is 14.7 Å². The van der Waals surface area contributed by atoms with E-state index >= 15 is 0 Å². The Morgan fingerprint density at radius 2 is 1.92 bits per heavy atom. The summed E-state index contributed by atoms with van der Waals surface area (Å²) in [5.74, 6) is -1.53. The van der Waals surface area contributed by atoms with E-state index in [9.17, 15) is 9.59 Å². The number of hydrogen-bond acceptors (Lipinski definition) is 4. The van der Waals surface area contributed by atoms with Crippen LogP contribution in [-0.4, -0.2) is 27.0 Å². The van der Waals surface area contributed by atoms with Crippen molar-refractivity contribution in [2.45, 2.75) is 12.5 Å². The zero-order chi connectivity index (χ0) is 17.8. The number of fused-ring (bicyclic) bond motifs is 1. The number of hydrogen-bond donors (Lipinski definition) is 2. The van der Waals surface area contributed by atoms with Gasteiger partial charge in [-0.2, -0.15) is 0 Å². The monoisotopic (exact) mass is 355 g/mol. The van der Waals surface area contributed by atoms with Gasteiger partial charge in [0, 0.05) is 16.6 Å².